The van der Waals surface area contributed by atoms with Gasteiger partial charge in [0.1, 0.15) is 5.52 Å². The Morgan fingerprint density at radius 3 is 2.04 bits per heavy atom. The normalized spacial score (nSPS) is 12.6. The molecule has 28 heavy (non-hydrogen) atoms. The fourth-order valence-corrected chi connectivity index (χ4v) is 3.41. The number of aromatic nitrogens is 4. The third kappa shape index (κ3) is 2.39. The summed E-state index contributed by atoms with van der Waals surface area (Å²) in [4.78, 5) is 12.5. The highest BCUT2D eigenvalue weighted by molar-refractivity contribution is 6.02. The lowest BCUT2D eigenvalue weighted by atomic mass is 10.2. The lowest BCUT2D eigenvalue weighted by Crippen LogP contribution is -2.09. The molecule has 0 saturated carbocycles. The molecule has 8 nitrogen and oxygen atoms in total. The van der Waals surface area contributed by atoms with E-state index in [1.54, 1.807) is 6.07 Å². The Kier molecular flexibility index (Phi) is 3.23. The van der Waals surface area contributed by atoms with E-state index in [9.17, 15) is 0 Å². The van der Waals surface area contributed by atoms with Crippen molar-refractivity contribution in [3.63, 3.8) is 0 Å². The van der Waals surface area contributed by atoms with Crippen molar-refractivity contribution in [2.45, 2.75) is 0 Å². The van der Waals surface area contributed by atoms with Crippen LogP contribution in [0.1, 0.15) is 22.8 Å². The number of hydrogen-bond donors (Lipinski definition) is 5. The maximum absolute atomic E-state index is 6.36. The smallest absolute Gasteiger partial charge is 0.113 e. The van der Waals surface area contributed by atoms with Crippen molar-refractivity contribution in [3.05, 3.63) is 53.1 Å². The Balaban J connectivity index is 1.97. The van der Waals surface area contributed by atoms with E-state index < -0.39 is 0 Å². The van der Waals surface area contributed by atoms with Crippen LogP contribution in [0.2, 0.25) is 0 Å². The molecule has 0 unspecified atom stereocenters. The quantitative estimate of drug-likeness (QED) is 0.264. The molecule has 5 heterocycles. The Labute approximate surface area is 159 Å². The van der Waals surface area contributed by atoms with Crippen molar-refractivity contribution in [1.82, 2.24) is 19.6 Å². The predicted molar refractivity (Wildman–Crippen MR) is 116 cm³/mol. The van der Waals surface area contributed by atoms with Gasteiger partial charge in [-0.3, -0.25) is 4.68 Å². The average molecular weight is 370 g/mol. The molecule has 9 N–H and O–H groups in total. The Morgan fingerprint density at radius 2 is 1.32 bits per heavy atom. The van der Waals surface area contributed by atoms with Crippen LogP contribution in [-0.4, -0.2) is 19.6 Å². The van der Waals surface area contributed by atoms with E-state index in [2.05, 4.69) is 15.0 Å². The van der Waals surface area contributed by atoms with Crippen molar-refractivity contribution in [2.24, 2.45) is 0 Å². The number of aromatic amines is 1. The van der Waals surface area contributed by atoms with Crippen LogP contribution in [0.5, 0.6) is 0 Å². The molecule has 0 saturated heterocycles. The first-order valence-corrected chi connectivity index (χ1v) is 8.68. The molecule has 0 amide bonds. The van der Waals surface area contributed by atoms with Gasteiger partial charge in [0.25, 0.3) is 0 Å². The van der Waals surface area contributed by atoms with E-state index in [4.69, 9.17) is 23.0 Å². The molecule has 138 valence electrons. The van der Waals surface area contributed by atoms with Gasteiger partial charge in [0.2, 0.25) is 0 Å². The summed E-state index contributed by atoms with van der Waals surface area (Å²) < 4.78 is 1.39. The lowest BCUT2D eigenvalue weighted by Gasteiger charge is -2.01. The van der Waals surface area contributed by atoms with Crippen LogP contribution in [0.15, 0.2) is 30.3 Å². The fourth-order valence-electron chi connectivity index (χ4n) is 3.41. The second kappa shape index (κ2) is 5.65. The van der Waals surface area contributed by atoms with Gasteiger partial charge in [-0.1, -0.05) is 0 Å². The third-order valence-electron chi connectivity index (χ3n) is 4.82. The van der Waals surface area contributed by atoms with Crippen LogP contribution in [0.3, 0.4) is 0 Å². The molecule has 8 bridgehead atoms. The standard InChI is InChI=1S/C20H18N8/c21-17-15-6-5-13(27-15)8-12-2-1-10(25-12)7-11-3-4-14(26-11)9-16-18(22)19(23)20(17)28(16)24/h1-9,25H,21-24H2. The molecular weight excluding hydrogens is 352 g/mol. The highest BCUT2D eigenvalue weighted by Crippen LogP contribution is 2.33. The lowest BCUT2D eigenvalue weighted by molar-refractivity contribution is 1.11. The van der Waals surface area contributed by atoms with E-state index in [1.807, 2.05) is 48.6 Å². The van der Waals surface area contributed by atoms with E-state index in [-0.39, 0.29) is 0 Å². The van der Waals surface area contributed by atoms with Crippen molar-refractivity contribution in [1.29, 1.82) is 0 Å². The molecule has 3 aromatic heterocycles. The van der Waals surface area contributed by atoms with E-state index >= 15 is 0 Å². The number of nitrogen functional groups attached to an aromatic ring is 4. The van der Waals surface area contributed by atoms with Gasteiger partial charge in [0, 0.05) is 11.0 Å². The fraction of sp³-hybridized carbons (Fsp3) is 0. The van der Waals surface area contributed by atoms with Gasteiger partial charge in [-0.2, -0.15) is 0 Å². The molecular formula is C20H18N8. The summed E-state index contributed by atoms with van der Waals surface area (Å²) in [5.41, 5.74) is 25.5. The summed E-state index contributed by atoms with van der Waals surface area (Å²) >= 11 is 0. The Hall–Kier alpha value is -4.20. The Morgan fingerprint density at radius 1 is 0.714 bits per heavy atom. The summed E-state index contributed by atoms with van der Waals surface area (Å²) in [7, 11) is 0. The minimum absolute atomic E-state index is 0.316. The van der Waals surface area contributed by atoms with Crippen molar-refractivity contribution in [3.8, 4) is 0 Å². The van der Waals surface area contributed by atoms with Crippen LogP contribution in [-0.2, 0) is 0 Å². The molecule has 0 fully saturated rings. The molecule has 2 aliphatic rings. The van der Waals surface area contributed by atoms with Gasteiger partial charge in [-0.25, -0.2) is 9.97 Å². The topological polar surface area (TPSA) is 151 Å². The number of nitrogens with zero attached hydrogens (tertiary/aromatic N) is 3. The minimum atomic E-state index is 0.316. The number of rotatable bonds is 0. The molecule has 0 aliphatic carbocycles. The van der Waals surface area contributed by atoms with Crippen molar-refractivity contribution in [2.75, 3.05) is 23.0 Å². The van der Waals surface area contributed by atoms with Crippen LogP contribution in [0, 0.1) is 0 Å². The molecule has 2 aliphatic heterocycles. The van der Waals surface area contributed by atoms with E-state index in [0.717, 1.165) is 22.4 Å². The van der Waals surface area contributed by atoms with E-state index in [1.165, 1.54) is 4.68 Å². The maximum Gasteiger partial charge on any atom is 0.113 e. The first kappa shape index (κ1) is 16.0. The van der Waals surface area contributed by atoms with Gasteiger partial charge in [-0.15, -0.1) is 0 Å². The summed E-state index contributed by atoms with van der Waals surface area (Å²) in [6.45, 7) is 0. The number of nitrogens with two attached hydrogens (primary N) is 4. The molecule has 5 rings (SSSR count). The third-order valence-corrected chi connectivity index (χ3v) is 4.82. The second-order valence-electron chi connectivity index (χ2n) is 6.70. The average Bonchev–Trinajstić information content (AvgIpc) is 3.43. The molecule has 0 radical (unpaired) electrons. The van der Waals surface area contributed by atoms with Gasteiger partial charge in [-0.05, 0) is 54.6 Å². The molecule has 8 heteroatoms. The van der Waals surface area contributed by atoms with Gasteiger partial charge in [0.05, 0.1) is 45.4 Å². The van der Waals surface area contributed by atoms with Crippen LogP contribution in [0.25, 0.3) is 46.4 Å². The summed E-state index contributed by atoms with van der Waals surface area (Å²) in [6, 6.07) is 9.64. The summed E-state index contributed by atoms with van der Waals surface area (Å²) in [5.74, 6) is 6.29. The Bertz CT molecular complexity index is 1350. The number of H-pyrrole nitrogens is 1. The highest BCUT2D eigenvalue weighted by Gasteiger charge is 2.15. The van der Waals surface area contributed by atoms with Crippen LogP contribution in [0.4, 0.5) is 17.1 Å². The zero-order valence-electron chi connectivity index (χ0n) is 14.8. The molecule has 0 aromatic carbocycles. The number of fused-ring (bicyclic) bond motifs is 8. The molecule has 0 spiro atoms. The SMILES string of the molecule is Nc1c(N)c2c(N)c3nc(cc4ccc(cc5nc(cc1n2N)C=C5)[nH]4)C=C3. The van der Waals surface area contributed by atoms with Gasteiger partial charge in [0.15, 0.2) is 0 Å². The predicted octanol–water partition coefficient (Wildman–Crippen LogP) is 2.59. The highest BCUT2D eigenvalue weighted by atomic mass is 15.3. The zero-order valence-corrected chi connectivity index (χ0v) is 14.8. The van der Waals surface area contributed by atoms with Crippen molar-refractivity contribution < 1.29 is 0 Å². The monoisotopic (exact) mass is 370 g/mol. The first-order valence-electron chi connectivity index (χ1n) is 8.68. The van der Waals surface area contributed by atoms with Crippen LogP contribution >= 0.6 is 0 Å². The number of nitrogens with one attached hydrogen (secondary N) is 1. The number of anilines is 3. The maximum atomic E-state index is 6.36. The van der Waals surface area contributed by atoms with Gasteiger partial charge < -0.3 is 28.0 Å². The summed E-state index contributed by atoms with van der Waals surface area (Å²) in [6.07, 6.45) is 7.51. The van der Waals surface area contributed by atoms with Crippen LogP contribution < -0.4 is 23.0 Å². The molecule has 3 aromatic rings. The largest absolute Gasteiger partial charge is 0.395 e. The van der Waals surface area contributed by atoms with Crippen molar-refractivity contribution >= 4 is 63.4 Å². The van der Waals surface area contributed by atoms with E-state index in [0.29, 0.717) is 39.5 Å². The van der Waals surface area contributed by atoms with Gasteiger partial charge >= 0.3 is 0 Å². The zero-order chi connectivity index (χ0) is 19.4. The number of hydrogen-bond acceptors (Lipinski definition) is 6. The summed E-state index contributed by atoms with van der Waals surface area (Å²) in [5, 5.41) is 0. The second-order valence-corrected chi connectivity index (χ2v) is 6.70. The minimum Gasteiger partial charge on any atom is -0.395 e. The first-order chi connectivity index (χ1) is 13.5. The molecule has 0 atom stereocenters.